The molecule has 33 heavy (non-hydrogen) atoms. The number of anilines is 1. The first-order valence-corrected chi connectivity index (χ1v) is 11.3. The molecule has 0 saturated heterocycles. The predicted octanol–water partition coefficient (Wildman–Crippen LogP) is 5.80. The smallest absolute Gasteiger partial charge is 0.413 e. The molecule has 5 rings (SSSR count). The van der Waals surface area contributed by atoms with Crippen molar-refractivity contribution in [3.8, 4) is 22.4 Å². The van der Waals surface area contributed by atoms with E-state index in [1.54, 1.807) is 12.1 Å². The summed E-state index contributed by atoms with van der Waals surface area (Å²) in [6.45, 7) is 0.239. The first-order chi connectivity index (χ1) is 16.1. The number of thiazole rings is 1. The van der Waals surface area contributed by atoms with Crippen LogP contribution in [0.15, 0.2) is 78.2 Å². The molecule has 6 nitrogen and oxygen atoms in total. The average molecular weight is 457 g/mol. The molecule has 2 N–H and O–H groups in total. The van der Waals surface area contributed by atoms with Gasteiger partial charge >= 0.3 is 12.1 Å². The van der Waals surface area contributed by atoms with Gasteiger partial charge in [0.05, 0.1) is 12.1 Å². The van der Waals surface area contributed by atoms with Gasteiger partial charge in [0.25, 0.3) is 0 Å². The molecule has 0 spiro atoms. The first kappa shape index (κ1) is 20.9. The molecule has 4 aromatic rings. The number of aliphatic carboxylic acids is 1. The highest BCUT2D eigenvalue weighted by atomic mass is 32.1. The highest BCUT2D eigenvalue weighted by molar-refractivity contribution is 7.14. The minimum atomic E-state index is -0.869. The Labute approximate surface area is 194 Å². The molecular weight excluding hydrogens is 436 g/mol. The number of hydrogen-bond donors (Lipinski definition) is 2. The summed E-state index contributed by atoms with van der Waals surface area (Å²) in [4.78, 5) is 27.7. The first-order valence-electron chi connectivity index (χ1n) is 10.5. The molecule has 0 radical (unpaired) electrons. The van der Waals surface area contributed by atoms with E-state index in [1.807, 2.05) is 41.8 Å². The molecule has 1 aliphatic carbocycles. The number of hydrogen-bond acceptors (Lipinski definition) is 5. The van der Waals surface area contributed by atoms with Crippen LogP contribution in [0.25, 0.3) is 22.4 Å². The minimum absolute atomic E-state index is 0.000627. The lowest BCUT2D eigenvalue weighted by Crippen LogP contribution is -2.17. The summed E-state index contributed by atoms with van der Waals surface area (Å²) in [5.74, 6) is -0.870. The summed E-state index contributed by atoms with van der Waals surface area (Å²) in [5.41, 5.74) is 6.96. The Morgan fingerprint density at radius 3 is 2.21 bits per heavy atom. The summed E-state index contributed by atoms with van der Waals surface area (Å²) in [5, 5.41) is 13.9. The Kier molecular flexibility index (Phi) is 5.62. The summed E-state index contributed by atoms with van der Waals surface area (Å²) in [6, 6.07) is 23.6. The number of aromatic nitrogens is 1. The number of carboxylic acid groups (broad SMARTS) is 1. The quantitative estimate of drug-likeness (QED) is 0.383. The number of ether oxygens (including phenoxy) is 1. The van der Waals surface area contributed by atoms with E-state index in [-0.39, 0.29) is 18.9 Å². The number of carbonyl (C=O) groups excluding carboxylic acids is 1. The Morgan fingerprint density at radius 2 is 1.58 bits per heavy atom. The molecule has 0 atom stereocenters. The van der Waals surface area contributed by atoms with E-state index in [0.717, 1.165) is 22.3 Å². The molecule has 3 aromatic carbocycles. The van der Waals surface area contributed by atoms with Gasteiger partial charge in [0.2, 0.25) is 0 Å². The van der Waals surface area contributed by atoms with Gasteiger partial charge < -0.3 is 9.84 Å². The zero-order valence-electron chi connectivity index (χ0n) is 17.5. The molecule has 7 heteroatoms. The average Bonchev–Trinajstić information content (AvgIpc) is 3.40. The van der Waals surface area contributed by atoms with Crippen molar-refractivity contribution in [2.75, 3.05) is 11.9 Å². The maximum Gasteiger partial charge on any atom is 0.413 e. The third-order valence-electron chi connectivity index (χ3n) is 5.66. The van der Waals surface area contributed by atoms with Gasteiger partial charge in [-0.05, 0) is 27.8 Å². The number of nitrogens with zero attached hydrogens (tertiary/aromatic N) is 1. The van der Waals surface area contributed by atoms with E-state index in [2.05, 4.69) is 34.6 Å². The van der Waals surface area contributed by atoms with E-state index >= 15 is 0 Å². The molecule has 0 fully saturated rings. The zero-order valence-corrected chi connectivity index (χ0v) is 18.3. The highest BCUT2D eigenvalue weighted by Gasteiger charge is 2.29. The molecule has 0 unspecified atom stereocenters. The third-order valence-corrected chi connectivity index (χ3v) is 6.42. The molecule has 164 valence electrons. The van der Waals surface area contributed by atoms with Gasteiger partial charge in [-0.15, -0.1) is 11.3 Å². The summed E-state index contributed by atoms with van der Waals surface area (Å²) in [7, 11) is 0. The summed E-state index contributed by atoms with van der Waals surface area (Å²) < 4.78 is 5.57. The standard InChI is InChI=1S/C26H20N2O4S/c29-24(30)13-16-9-11-17(12-10-16)23-15-33-25(27-23)28-26(31)32-14-22-20-7-3-1-5-18(20)19-6-2-4-8-21(19)22/h1-12,15,22H,13-14H2,(H,29,30)(H,27,28,31). The molecule has 0 bridgehead atoms. The molecule has 0 aliphatic heterocycles. The fraction of sp³-hybridized carbons (Fsp3) is 0.115. The summed E-state index contributed by atoms with van der Waals surface area (Å²) in [6.07, 6.45) is -0.569. The van der Waals surface area contributed by atoms with Gasteiger partial charge in [0.1, 0.15) is 6.61 Å². The van der Waals surface area contributed by atoms with Crippen molar-refractivity contribution in [3.63, 3.8) is 0 Å². The van der Waals surface area contributed by atoms with Crippen LogP contribution in [0.1, 0.15) is 22.6 Å². The monoisotopic (exact) mass is 456 g/mol. The maximum absolute atomic E-state index is 12.5. The number of rotatable bonds is 6. The predicted molar refractivity (Wildman–Crippen MR) is 128 cm³/mol. The van der Waals surface area contributed by atoms with Crippen molar-refractivity contribution in [1.82, 2.24) is 4.98 Å². The number of fused-ring (bicyclic) bond motifs is 3. The summed E-state index contributed by atoms with van der Waals surface area (Å²) >= 11 is 1.31. The SMILES string of the molecule is O=C(O)Cc1ccc(-c2csc(NC(=O)OCC3c4ccccc4-c4ccccc43)n2)cc1. The van der Waals surface area contributed by atoms with Crippen molar-refractivity contribution in [1.29, 1.82) is 0 Å². The van der Waals surface area contributed by atoms with Crippen molar-refractivity contribution < 1.29 is 19.4 Å². The molecular formula is C26H20N2O4S. The highest BCUT2D eigenvalue weighted by Crippen LogP contribution is 2.44. The van der Waals surface area contributed by atoms with Crippen LogP contribution in [-0.2, 0) is 16.0 Å². The molecule has 1 aromatic heterocycles. The molecule has 1 aliphatic rings. The van der Waals surface area contributed by atoms with Gasteiger partial charge in [0, 0.05) is 16.9 Å². The zero-order chi connectivity index (χ0) is 22.8. The van der Waals surface area contributed by atoms with Gasteiger partial charge in [0.15, 0.2) is 5.13 Å². The van der Waals surface area contributed by atoms with Crippen LogP contribution in [0.4, 0.5) is 9.93 Å². The number of nitrogens with one attached hydrogen (secondary N) is 1. The second-order valence-electron chi connectivity index (χ2n) is 7.76. The van der Waals surface area contributed by atoms with Crippen LogP contribution in [0.3, 0.4) is 0 Å². The Hall–Kier alpha value is -3.97. The van der Waals surface area contributed by atoms with E-state index < -0.39 is 12.1 Å². The normalized spacial score (nSPS) is 12.1. The van der Waals surface area contributed by atoms with Crippen LogP contribution in [0.5, 0.6) is 0 Å². The Morgan fingerprint density at radius 1 is 0.939 bits per heavy atom. The number of benzene rings is 3. The van der Waals surface area contributed by atoms with E-state index in [1.165, 1.54) is 22.5 Å². The molecule has 1 amide bonds. The van der Waals surface area contributed by atoms with Crippen molar-refractivity contribution >= 4 is 28.5 Å². The van der Waals surface area contributed by atoms with Gasteiger partial charge in [-0.25, -0.2) is 9.78 Å². The van der Waals surface area contributed by atoms with E-state index in [0.29, 0.717) is 10.8 Å². The van der Waals surface area contributed by atoms with Crippen molar-refractivity contribution in [3.05, 3.63) is 94.9 Å². The lowest BCUT2D eigenvalue weighted by molar-refractivity contribution is -0.136. The number of amides is 1. The lowest BCUT2D eigenvalue weighted by Gasteiger charge is -2.14. The third kappa shape index (κ3) is 4.36. The number of carbonyl (C=O) groups is 2. The van der Waals surface area contributed by atoms with Crippen LogP contribution in [-0.4, -0.2) is 28.8 Å². The number of carboxylic acids is 1. The topological polar surface area (TPSA) is 88.5 Å². The second kappa shape index (κ2) is 8.88. The van der Waals surface area contributed by atoms with Gasteiger partial charge in [-0.1, -0.05) is 72.8 Å². The van der Waals surface area contributed by atoms with Crippen molar-refractivity contribution in [2.24, 2.45) is 0 Å². The largest absolute Gasteiger partial charge is 0.481 e. The fourth-order valence-corrected chi connectivity index (χ4v) is 4.86. The van der Waals surface area contributed by atoms with Crippen LogP contribution < -0.4 is 5.32 Å². The van der Waals surface area contributed by atoms with Crippen LogP contribution in [0.2, 0.25) is 0 Å². The molecule has 0 saturated carbocycles. The van der Waals surface area contributed by atoms with Crippen LogP contribution in [0, 0.1) is 0 Å². The van der Waals surface area contributed by atoms with Gasteiger partial charge in [-0.3, -0.25) is 10.1 Å². The minimum Gasteiger partial charge on any atom is -0.481 e. The maximum atomic E-state index is 12.5. The Balaban J connectivity index is 1.23. The lowest BCUT2D eigenvalue weighted by atomic mass is 9.98. The van der Waals surface area contributed by atoms with E-state index in [4.69, 9.17) is 9.84 Å². The second-order valence-corrected chi connectivity index (χ2v) is 8.61. The van der Waals surface area contributed by atoms with Crippen LogP contribution >= 0.6 is 11.3 Å². The van der Waals surface area contributed by atoms with Crippen molar-refractivity contribution in [2.45, 2.75) is 12.3 Å². The fourth-order valence-electron chi connectivity index (χ4n) is 4.15. The van der Waals surface area contributed by atoms with E-state index in [9.17, 15) is 9.59 Å². The van der Waals surface area contributed by atoms with Gasteiger partial charge in [-0.2, -0.15) is 0 Å². The Bertz CT molecular complexity index is 1280. The molecule has 1 heterocycles.